The summed E-state index contributed by atoms with van der Waals surface area (Å²) in [5, 5.41) is 3.55. The Bertz CT molecular complexity index is 425. The van der Waals surface area contributed by atoms with Crippen LogP contribution in [-0.4, -0.2) is 26.7 Å². The normalized spacial score (nSPS) is 18.2. The van der Waals surface area contributed by atoms with Gasteiger partial charge in [0.2, 0.25) is 0 Å². The molecule has 21 heavy (non-hydrogen) atoms. The summed E-state index contributed by atoms with van der Waals surface area (Å²) in [7, 11) is 2.09. The number of hydrogen-bond acceptors (Lipinski definition) is 2. The van der Waals surface area contributed by atoms with Gasteiger partial charge in [0.1, 0.15) is 5.82 Å². The lowest BCUT2D eigenvalue weighted by molar-refractivity contribution is 0.241. The van der Waals surface area contributed by atoms with Crippen molar-refractivity contribution in [3.8, 4) is 0 Å². The van der Waals surface area contributed by atoms with E-state index in [-0.39, 0.29) is 5.82 Å². The lowest BCUT2D eigenvalue weighted by atomic mass is 9.79. The Hall–Kier alpha value is -1.09. The Balaban J connectivity index is 2.09. The van der Waals surface area contributed by atoms with Gasteiger partial charge in [-0.2, -0.15) is 0 Å². The third-order valence-corrected chi connectivity index (χ3v) is 4.74. The monoisotopic (exact) mass is 292 g/mol. The largest absolute Gasteiger partial charge is 0.374 e. The van der Waals surface area contributed by atoms with Gasteiger partial charge in [-0.3, -0.25) is 0 Å². The maximum atomic E-state index is 13.4. The predicted octanol–water partition coefficient (Wildman–Crippen LogP) is 4.21. The van der Waals surface area contributed by atoms with E-state index in [0.717, 1.165) is 25.3 Å². The first kappa shape index (κ1) is 16.3. The van der Waals surface area contributed by atoms with Gasteiger partial charge in [0.25, 0.3) is 0 Å². The first-order valence-electron chi connectivity index (χ1n) is 8.33. The van der Waals surface area contributed by atoms with Gasteiger partial charge in [-0.15, -0.1) is 0 Å². The standard InChI is InChI=1S/C18H29FN2/c1-3-20-14-18(11-6-4-5-7-12-18)15-21(2)17-10-8-9-16(19)13-17/h8-10,13,20H,3-7,11-12,14-15H2,1-2H3. The van der Waals surface area contributed by atoms with Crippen molar-refractivity contribution in [2.45, 2.75) is 45.4 Å². The molecule has 0 amide bonds. The Morgan fingerprint density at radius 2 is 1.90 bits per heavy atom. The van der Waals surface area contributed by atoms with E-state index in [1.807, 2.05) is 6.07 Å². The minimum absolute atomic E-state index is 0.152. The fraction of sp³-hybridized carbons (Fsp3) is 0.667. The van der Waals surface area contributed by atoms with E-state index in [4.69, 9.17) is 0 Å². The second-order valence-corrected chi connectivity index (χ2v) is 6.53. The molecule has 1 aromatic rings. The average molecular weight is 292 g/mol. The minimum Gasteiger partial charge on any atom is -0.374 e. The molecule has 2 rings (SSSR count). The number of rotatable bonds is 6. The van der Waals surface area contributed by atoms with Gasteiger partial charge < -0.3 is 10.2 Å². The Morgan fingerprint density at radius 3 is 2.52 bits per heavy atom. The zero-order valence-corrected chi connectivity index (χ0v) is 13.5. The highest BCUT2D eigenvalue weighted by Crippen LogP contribution is 2.36. The molecule has 1 aromatic carbocycles. The highest BCUT2D eigenvalue weighted by Gasteiger charge is 2.31. The van der Waals surface area contributed by atoms with Gasteiger partial charge in [-0.1, -0.05) is 38.7 Å². The Labute approximate surface area is 128 Å². The number of benzene rings is 1. The zero-order chi connectivity index (χ0) is 15.1. The third kappa shape index (κ3) is 4.70. The van der Waals surface area contributed by atoms with Gasteiger partial charge in [0, 0.05) is 31.2 Å². The molecule has 0 heterocycles. The Kier molecular flexibility index (Phi) is 6.04. The maximum Gasteiger partial charge on any atom is 0.125 e. The van der Waals surface area contributed by atoms with Crippen molar-refractivity contribution >= 4 is 5.69 Å². The summed E-state index contributed by atoms with van der Waals surface area (Å²) < 4.78 is 13.4. The molecule has 1 saturated carbocycles. The SMILES string of the molecule is CCNCC1(CN(C)c2cccc(F)c2)CCCCCC1. The predicted molar refractivity (Wildman–Crippen MR) is 88.3 cm³/mol. The molecule has 0 spiro atoms. The highest BCUT2D eigenvalue weighted by atomic mass is 19.1. The van der Waals surface area contributed by atoms with E-state index in [9.17, 15) is 4.39 Å². The molecule has 1 fully saturated rings. The summed E-state index contributed by atoms with van der Waals surface area (Å²) in [4.78, 5) is 2.23. The molecule has 1 N–H and O–H groups in total. The smallest absolute Gasteiger partial charge is 0.125 e. The van der Waals surface area contributed by atoms with Crippen molar-refractivity contribution < 1.29 is 4.39 Å². The number of nitrogens with zero attached hydrogens (tertiary/aromatic N) is 1. The van der Waals surface area contributed by atoms with Gasteiger partial charge in [-0.25, -0.2) is 4.39 Å². The molecule has 0 bridgehead atoms. The molecule has 1 aliphatic rings. The molecule has 0 aliphatic heterocycles. The number of anilines is 1. The number of nitrogens with one attached hydrogen (secondary N) is 1. The van der Waals surface area contributed by atoms with Crippen LogP contribution in [0.5, 0.6) is 0 Å². The lowest BCUT2D eigenvalue weighted by Gasteiger charge is -2.38. The fourth-order valence-electron chi connectivity index (χ4n) is 3.57. The third-order valence-electron chi connectivity index (χ3n) is 4.74. The maximum absolute atomic E-state index is 13.4. The van der Waals surface area contributed by atoms with E-state index in [1.165, 1.54) is 44.6 Å². The van der Waals surface area contributed by atoms with Crippen LogP contribution in [0.1, 0.15) is 45.4 Å². The average Bonchev–Trinajstić information content (AvgIpc) is 2.71. The number of hydrogen-bond donors (Lipinski definition) is 1. The second-order valence-electron chi connectivity index (χ2n) is 6.53. The van der Waals surface area contributed by atoms with Gasteiger partial charge in [-0.05, 0) is 37.6 Å². The van der Waals surface area contributed by atoms with E-state index >= 15 is 0 Å². The van der Waals surface area contributed by atoms with Crippen molar-refractivity contribution in [2.75, 3.05) is 31.6 Å². The molecule has 0 aromatic heterocycles. The quantitative estimate of drug-likeness (QED) is 0.790. The van der Waals surface area contributed by atoms with Crippen LogP contribution < -0.4 is 10.2 Å². The molecular formula is C18H29FN2. The lowest BCUT2D eigenvalue weighted by Crippen LogP contribution is -2.43. The second kappa shape index (κ2) is 7.79. The molecule has 0 atom stereocenters. The summed E-state index contributed by atoms with van der Waals surface area (Å²) in [6.45, 7) is 5.26. The van der Waals surface area contributed by atoms with Gasteiger partial charge in [0.15, 0.2) is 0 Å². The van der Waals surface area contributed by atoms with Crippen molar-refractivity contribution in [2.24, 2.45) is 5.41 Å². The van der Waals surface area contributed by atoms with E-state index in [2.05, 4.69) is 24.2 Å². The molecule has 3 heteroatoms. The van der Waals surface area contributed by atoms with Crippen LogP contribution in [-0.2, 0) is 0 Å². The summed E-state index contributed by atoms with van der Waals surface area (Å²) in [5.74, 6) is -0.152. The summed E-state index contributed by atoms with van der Waals surface area (Å²) >= 11 is 0. The van der Waals surface area contributed by atoms with Crippen molar-refractivity contribution in [3.63, 3.8) is 0 Å². The van der Waals surface area contributed by atoms with Crippen LogP contribution >= 0.6 is 0 Å². The van der Waals surface area contributed by atoms with E-state index < -0.39 is 0 Å². The van der Waals surface area contributed by atoms with E-state index in [1.54, 1.807) is 12.1 Å². The summed E-state index contributed by atoms with van der Waals surface area (Å²) in [6, 6.07) is 6.95. The minimum atomic E-state index is -0.152. The van der Waals surface area contributed by atoms with Crippen LogP contribution in [0.15, 0.2) is 24.3 Å². The summed E-state index contributed by atoms with van der Waals surface area (Å²) in [5.41, 5.74) is 1.31. The van der Waals surface area contributed by atoms with Crippen molar-refractivity contribution in [1.82, 2.24) is 5.32 Å². The number of halogens is 1. The topological polar surface area (TPSA) is 15.3 Å². The van der Waals surface area contributed by atoms with Crippen molar-refractivity contribution in [1.29, 1.82) is 0 Å². The Morgan fingerprint density at radius 1 is 1.19 bits per heavy atom. The van der Waals surface area contributed by atoms with Crippen LogP contribution in [0, 0.1) is 11.2 Å². The first-order chi connectivity index (χ1) is 10.2. The molecule has 2 nitrogen and oxygen atoms in total. The van der Waals surface area contributed by atoms with Gasteiger partial charge >= 0.3 is 0 Å². The summed E-state index contributed by atoms with van der Waals surface area (Å²) in [6.07, 6.45) is 7.92. The van der Waals surface area contributed by atoms with Crippen LogP contribution in [0.25, 0.3) is 0 Å². The molecule has 1 aliphatic carbocycles. The zero-order valence-electron chi connectivity index (χ0n) is 13.5. The van der Waals surface area contributed by atoms with E-state index in [0.29, 0.717) is 5.41 Å². The van der Waals surface area contributed by atoms with Crippen molar-refractivity contribution in [3.05, 3.63) is 30.1 Å². The molecular weight excluding hydrogens is 263 g/mol. The molecule has 0 saturated heterocycles. The molecule has 118 valence electrons. The van der Waals surface area contributed by atoms with Gasteiger partial charge in [0.05, 0.1) is 0 Å². The van der Waals surface area contributed by atoms with Crippen LogP contribution in [0.2, 0.25) is 0 Å². The highest BCUT2D eigenvalue weighted by molar-refractivity contribution is 5.45. The molecule has 0 unspecified atom stereocenters. The van der Waals surface area contributed by atoms with Crippen LogP contribution in [0.3, 0.4) is 0 Å². The molecule has 0 radical (unpaired) electrons. The fourth-order valence-corrected chi connectivity index (χ4v) is 3.57. The van der Waals surface area contributed by atoms with Crippen LogP contribution in [0.4, 0.5) is 10.1 Å². The first-order valence-corrected chi connectivity index (χ1v) is 8.33.